The maximum Gasteiger partial charge on any atom is 0.209 e. The first-order valence-corrected chi connectivity index (χ1v) is 7.88. The Labute approximate surface area is 136 Å². The molecule has 0 amide bonds. The lowest BCUT2D eigenvalue weighted by Gasteiger charge is -2.26. The lowest BCUT2D eigenvalue weighted by atomic mass is 10.0. The van der Waals surface area contributed by atoms with E-state index in [1.54, 1.807) is 6.20 Å². The summed E-state index contributed by atoms with van der Waals surface area (Å²) < 4.78 is 5.91. The number of pyridine rings is 1. The molecule has 0 saturated carbocycles. The summed E-state index contributed by atoms with van der Waals surface area (Å²) in [5.41, 5.74) is 2.31. The molecule has 0 unspecified atom stereocenters. The van der Waals surface area contributed by atoms with Crippen molar-refractivity contribution in [2.75, 3.05) is 7.05 Å². The van der Waals surface area contributed by atoms with Gasteiger partial charge in [-0.15, -0.1) is 0 Å². The SMILES string of the molecule is CC[C@H](c1ccncc1)N(C)Cc1ncc(-c2ccccc2)o1. The van der Waals surface area contributed by atoms with Crippen molar-refractivity contribution in [2.24, 2.45) is 0 Å². The fraction of sp³-hybridized carbons (Fsp3) is 0.263. The van der Waals surface area contributed by atoms with Gasteiger partial charge in [0.1, 0.15) is 0 Å². The maximum atomic E-state index is 5.91. The van der Waals surface area contributed by atoms with Gasteiger partial charge in [0.2, 0.25) is 5.89 Å². The van der Waals surface area contributed by atoms with E-state index < -0.39 is 0 Å². The van der Waals surface area contributed by atoms with Crippen LogP contribution in [0.4, 0.5) is 0 Å². The highest BCUT2D eigenvalue weighted by Crippen LogP contribution is 2.25. The van der Waals surface area contributed by atoms with Gasteiger partial charge in [-0.05, 0) is 31.2 Å². The van der Waals surface area contributed by atoms with E-state index >= 15 is 0 Å². The Bertz CT molecular complexity index is 725. The zero-order chi connectivity index (χ0) is 16.1. The van der Waals surface area contributed by atoms with Crippen LogP contribution < -0.4 is 0 Å². The molecule has 23 heavy (non-hydrogen) atoms. The molecule has 3 aromatic rings. The number of benzene rings is 1. The third-order valence-corrected chi connectivity index (χ3v) is 4.01. The molecule has 0 spiro atoms. The average molecular weight is 307 g/mol. The molecule has 3 rings (SSSR count). The highest BCUT2D eigenvalue weighted by atomic mass is 16.4. The van der Waals surface area contributed by atoms with Crippen molar-refractivity contribution in [3.8, 4) is 11.3 Å². The van der Waals surface area contributed by atoms with Crippen LogP contribution in [-0.4, -0.2) is 21.9 Å². The van der Waals surface area contributed by atoms with E-state index in [4.69, 9.17) is 4.42 Å². The molecule has 0 fully saturated rings. The Balaban J connectivity index is 1.73. The second-order valence-corrected chi connectivity index (χ2v) is 5.60. The molecule has 1 aromatic carbocycles. The van der Waals surface area contributed by atoms with Gasteiger partial charge in [-0.1, -0.05) is 37.3 Å². The molecule has 0 aliphatic carbocycles. The van der Waals surface area contributed by atoms with E-state index in [9.17, 15) is 0 Å². The van der Waals surface area contributed by atoms with Crippen LogP contribution in [0.15, 0.2) is 65.5 Å². The molecule has 0 saturated heterocycles. The Morgan fingerprint density at radius 1 is 1.09 bits per heavy atom. The van der Waals surface area contributed by atoms with Crippen molar-refractivity contribution in [3.05, 3.63) is 72.5 Å². The van der Waals surface area contributed by atoms with Gasteiger partial charge >= 0.3 is 0 Å². The molecule has 1 atom stereocenters. The van der Waals surface area contributed by atoms with Crippen molar-refractivity contribution in [2.45, 2.75) is 25.9 Å². The predicted octanol–water partition coefficient (Wildman–Crippen LogP) is 4.32. The van der Waals surface area contributed by atoms with E-state index in [1.165, 1.54) is 5.56 Å². The first kappa shape index (κ1) is 15.4. The van der Waals surface area contributed by atoms with E-state index in [2.05, 4.69) is 41.0 Å². The Morgan fingerprint density at radius 2 is 1.83 bits per heavy atom. The van der Waals surface area contributed by atoms with Gasteiger partial charge in [0.25, 0.3) is 0 Å². The average Bonchev–Trinajstić information content (AvgIpc) is 3.06. The first-order chi connectivity index (χ1) is 11.3. The van der Waals surface area contributed by atoms with Gasteiger partial charge in [0.05, 0.1) is 12.7 Å². The summed E-state index contributed by atoms with van der Waals surface area (Å²) in [6, 6.07) is 14.5. The van der Waals surface area contributed by atoms with Gasteiger partial charge in [0, 0.05) is 24.0 Å². The minimum absolute atomic E-state index is 0.324. The van der Waals surface area contributed by atoms with Crippen LogP contribution in [0.1, 0.15) is 30.8 Å². The van der Waals surface area contributed by atoms with Crippen molar-refractivity contribution < 1.29 is 4.42 Å². The second kappa shape index (κ2) is 7.20. The molecule has 4 heteroatoms. The zero-order valence-electron chi connectivity index (χ0n) is 13.5. The number of hydrogen-bond donors (Lipinski definition) is 0. The van der Waals surface area contributed by atoms with Crippen LogP contribution in [0.3, 0.4) is 0 Å². The number of aromatic nitrogens is 2. The normalized spacial score (nSPS) is 12.5. The first-order valence-electron chi connectivity index (χ1n) is 7.88. The largest absolute Gasteiger partial charge is 0.439 e. The van der Waals surface area contributed by atoms with Crippen molar-refractivity contribution in [1.29, 1.82) is 0 Å². The number of hydrogen-bond acceptors (Lipinski definition) is 4. The summed E-state index contributed by atoms with van der Waals surface area (Å²) in [4.78, 5) is 10.8. The van der Waals surface area contributed by atoms with Crippen molar-refractivity contribution in [1.82, 2.24) is 14.9 Å². The second-order valence-electron chi connectivity index (χ2n) is 5.60. The summed E-state index contributed by atoms with van der Waals surface area (Å²) in [5.74, 6) is 1.55. The summed E-state index contributed by atoms with van der Waals surface area (Å²) in [6.45, 7) is 2.86. The quantitative estimate of drug-likeness (QED) is 0.680. The van der Waals surface area contributed by atoms with Crippen LogP contribution in [-0.2, 0) is 6.54 Å². The van der Waals surface area contributed by atoms with E-state index in [1.807, 2.05) is 42.7 Å². The standard InChI is InChI=1S/C19H21N3O/c1-3-17(15-9-11-20-12-10-15)22(2)14-19-21-13-18(23-19)16-7-5-4-6-8-16/h4-13,17H,3,14H2,1-2H3/t17-/m1/s1. The molecule has 0 radical (unpaired) electrons. The van der Waals surface area contributed by atoms with Crippen LogP contribution in [0.5, 0.6) is 0 Å². The van der Waals surface area contributed by atoms with Gasteiger partial charge < -0.3 is 4.42 Å². The lowest BCUT2D eigenvalue weighted by molar-refractivity contribution is 0.209. The Morgan fingerprint density at radius 3 is 2.52 bits per heavy atom. The Kier molecular flexibility index (Phi) is 4.83. The Hall–Kier alpha value is -2.46. The minimum atomic E-state index is 0.324. The van der Waals surface area contributed by atoms with Crippen molar-refractivity contribution in [3.63, 3.8) is 0 Å². The highest BCUT2D eigenvalue weighted by Gasteiger charge is 2.17. The smallest absolute Gasteiger partial charge is 0.209 e. The van der Waals surface area contributed by atoms with Crippen molar-refractivity contribution >= 4 is 0 Å². The van der Waals surface area contributed by atoms with E-state index in [0.29, 0.717) is 12.6 Å². The van der Waals surface area contributed by atoms with Crippen LogP contribution in [0.25, 0.3) is 11.3 Å². The fourth-order valence-electron chi connectivity index (χ4n) is 2.83. The molecule has 0 N–H and O–H groups in total. The predicted molar refractivity (Wildman–Crippen MR) is 90.7 cm³/mol. The van der Waals surface area contributed by atoms with Gasteiger partial charge in [-0.2, -0.15) is 0 Å². The molecule has 0 bridgehead atoms. The van der Waals surface area contributed by atoms with Gasteiger partial charge in [0.15, 0.2) is 5.76 Å². The fourth-order valence-corrected chi connectivity index (χ4v) is 2.83. The highest BCUT2D eigenvalue weighted by molar-refractivity contribution is 5.55. The lowest BCUT2D eigenvalue weighted by Crippen LogP contribution is -2.23. The summed E-state index contributed by atoms with van der Waals surface area (Å²) in [6.07, 6.45) is 6.49. The number of rotatable bonds is 6. The van der Waals surface area contributed by atoms with Crippen LogP contribution >= 0.6 is 0 Å². The summed E-state index contributed by atoms with van der Waals surface area (Å²) in [7, 11) is 2.10. The molecular weight excluding hydrogens is 286 g/mol. The minimum Gasteiger partial charge on any atom is -0.439 e. The molecule has 2 heterocycles. The maximum absolute atomic E-state index is 5.91. The molecule has 2 aromatic heterocycles. The molecule has 4 nitrogen and oxygen atoms in total. The van der Waals surface area contributed by atoms with Crippen LogP contribution in [0.2, 0.25) is 0 Å². The van der Waals surface area contributed by atoms with Gasteiger partial charge in [-0.3, -0.25) is 9.88 Å². The molecule has 0 aliphatic rings. The molecule has 0 aliphatic heterocycles. The number of nitrogens with zero attached hydrogens (tertiary/aromatic N) is 3. The third-order valence-electron chi connectivity index (χ3n) is 4.01. The molecule has 118 valence electrons. The van der Waals surface area contributed by atoms with E-state index in [-0.39, 0.29) is 0 Å². The van der Waals surface area contributed by atoms with Crippen LogP contribution in [0, 0.1) is 0 Å². The van der Waals surface area contributed by atoms with Gasteiger partial charge in [-0.25, -0.2) is 4.98 Å². The van der Waals surface area contributed by atoms with E-state index in [0.717, 1.165) is 23.6 Å². The summed E-state index contributed by atoms with van der Waals surface area (Å²) in [5, 5.41) is 0. The monoisotopic (exact) mass is 307 g/mol. The molecular formula is C19H21N3O. The topological polar surface area (TPSA) is 42.2 Å². The zero-order valence-corrected chi connectivity index (χ0v) is 13.5. The number of oxazole rings is 1. The summed E-state index contributed by atoms with van der Waals surface area (Å²) >= 11 is 0. The third kappa shape index (κ3) is 3.66.